The predicted molar refractivity (Wildman–Crippen MR) is 107 cm³/mol. The van der Waals surface area contributed by atoms with Gasteiger partial charge in [0.2, 0.25) is 10.0 Å². The summed E-state index contributed by atoms with van der Waals surface area (Å²) in [6.45, 7) is 5.22. The maximum absolute atomic E-state index is 13.0. The third-order valence-corrected chi connectivity index (χ3v) is 8.49. The molecular weight excluding hydrogens is 426 g/mol. The van der Waals surface area contributed by atoms with Gasteiger partial charge in [0.1, 0.15) is 11.9 Å². The van der Waals surface area contributed by atoms with Gasteiger partial charge in [-0.15, -0.1) is 11.3 Å². The molecule has 0 spiro atoms. The third kappa shape index (κ3) is 4.45. The lowest BCUT2D eigenvalue weighted by molar-refractivity contribution is 0.0806. The van der Waals surface area contributed by atoms with E-state index in [9.17, 15) is 18.0 Å². The molecule has 28 heavy (non-hydrogen) atoms. The van der Waals surface area contributed by atoms with Crippen molar-refractivity contribution in [1.82, 2.24) is 14.5 Å². The molecule has 3 heterocycles. The van der Waals surface area contributed by atoms with Crippen LogP contribution >= 0.6 is 22.9 Å². The molecule has 0 radical (unpaired) electrons. The lowest BCUT2D eigenvalue weighted by Gasteiger charge is -2.41. The number of nitrogens with zero attached hydrogens (tertiary/aromatic N) is 2. The standard InChI is InChI=1S/C17H24ClN3O5S2/c1-11(2)20-7-5-12(6-8-20)21-17(23)26-10-13(28(21,24)25)9-19-16(22)14-3-4-15(18)27-14/h3-4,11-13H,5-10H2,1-2H3,(H,19,22). The lowest BCUT2D eigenvalue weighted by atomic mass is 10.0. The number of halogens is 1. The van der Waals surface area contributed by atoms with E-state index >= 15 is 0 Å². The van der Waals surface area contributed by atoms with Gasteiger partial charge in [-0.3, -0.25) is 4.79 Å². The molecule has 8 nitrogen and oxygen atoms in total. The number of carbonyl (C=O) groups is 2. The summed E-state index contributed by atoms with van der Waals surface area (Å²) in [7, 11) is -3.92. The molecule has 2 aliphatic rings. The van der Waals surface area contributed by atoms with Crippen molar-refractivity contribution in [2.75, 3.05) is 26.2 Å². The molecule has 156 valence electrons. The fraction of sp³-hybridized carbons (Fsp3) is 0.647. The van der Waals surface area contributed by atoms with Gasteiger partial charge in [0.25, 0.3) is 5.91 Å². The zero-order valence-electron chi connectivity index (χ0n) is 15.8. The van der Waals surface area contributed by atoms with Crippen molar-refractivity contribution >= 4 is 45.0 Å². The third-order valence-electron chi connectivity index (χ3n) is 5.12. The van der Waals surface area contributed by atoms with E-state index in [0.29, 0.717) is 28.1 Å². The molecule has 0 aliphatic carbocycles. The molecule has 2 fully saturated rings. The number of hydrogen-bond donors (Lipinski definition) is 1. The quantitative estimate of drug-likeness (QED) is 0.739. The highest BCUT2D eigenvalue weighted by molar-refractivity contribution is 7.90. The molecule has 2 aliphatic heterocycles. The molecule has 3 rings (SSSR count). The van der Waals surface area contributed by atoms with E-state index < -0.39 is 33.3 Å². The zero-order valence-corrected chi connectivity index (χ0v) is 18.1. The summed E-state index contributed by atoms with van der Waals surface area (Å²) >= 11 is 6.94. The van der Waals surface area contributed by atoms with Gasteiger partial charge in [-0.05, 0) is 38.8 Å². The molecule has 2 saturated heterocycles. The Hall–Kier alpha value is -1.36. The molecule has 0 saturated carbocycles. The normalized spacial score (nSPS) is 23.6. The Labute approximate surface area is 173 Å². The maximum atomic E-state index is 13.0. The first-order valence-corrected chi connectivity index (χ1v) is 11.9. The maximum Gasteiger partial charge on any atom is 0.423 e. The molecule has 1 atom stereocenters. The number of hydrogen-bond acceptors (Lipinski definition) is 7. The lowest BCUT2D eigenvalue weighted by Crippen LogP contribution is -2.59. The summed E-state index contributed by atoms with van der Waals surface area (Å²) in [5.74, 6) is -0.402. The van der Waals surface area contributed by atoms with E-state index in [1.54, 1.807) is 12.1 Å². The highest BCUT2D eigenvalue weighted by Gasteiger charge is 2.46. The topological polar surface area (TPSA) is 96.0 Å². The van der Waals surface area contributed by atoms with Crippen LogP contribution < -0.4 is 5.32 Å². The van der Waals surface area contributed by atoms with Crippen molar-refractivity contribution in [2.45, 2.75) is 44.0 Å². The number of likely N-dealkylation sites (tertiary alicyclic amines) is 1. The highest BCUT2D eigenvalue weighted by Crippen LogP contribution is 2.27. The summed E-state index contributed by atoms with van der Waals surface area (Å²) in [5.41, 5.74) is 0. The van der Waals surface area contributed by atoms with Crippen LogP contribution in [0, 0.1) is 0 Å². The molecule has 1 aromatic heterocycles. The summed E-state index contributed by atoms with van der Waals surface area (Å²) in [4.78, 5) is 27.1. The Balaban J connectivity index is 1.66. The summed E-state index contributed by atoms with van der Waals surface area (Å²) < 4.78 is 32.6. The number of nitrogens with one attached hydrogen (secondary N) is 1. The minimum Gasteiger partial charge on any atom is -0.447 e. The predicted octanol–water partition coefficient (Wildman–Crippen LogP) is 2.15. The van der Waals surface area contributed by atoms with Gasteiger partial charge < -0.3 is 15.0 Å². The van der Waals surface area contributed by atoms with Crippen LogP contribution in [0.1, 0.15) is 36.4 Å². The molecular formula is C17H24ClN3O5S2. The van der Waals surface area contributed by atoms with E-state index in [2.05, 4.69) is 24.1 Å². The molecule has 2 amide bonds. The summed E-state index contributed by atoms with van der Waals surface area (Å²) in [5, 5.41) is 1.60. The number of cyclic esters (lactones) is 1. The van der Waals surface area contributed by atoms with Crippen LogP contribution in [0.2, 0.25) is 4.34 Å². The fourth-order valence-electron chi connectivity index (χ4n) is 3.47. The van der Waals surface area contributed by atoms with Gasteiger partial charge in [0, 0.05) is 25.7 Å². The van der Waals surface area contributed by atoms with Crippen LogP contribution in [0.5, 0.6) is 0 Å². The van der Waals surface area contributed by atoms with E-state index in [1.807, 2.05) is 0 Å². The van der Waals surface area contributed by atoms with Crippen LogP contribution in [0.3, 0.4) is 0 Å². The van der Waals surface area contributed by atoms with Crippen LogP contribution in [0.25, 0.3) is 0 Å². The number of piperidine rings is 1. The van der Waals surface area contributed by atoms with Gasteiger partial charge in [-0.25, -0.2) is 17.5 Å². The largest absolute Gasteiger partial charge is 0.447 e. The number of thiophene rings is 1. The van der Waals surface area contributed by atoms with E-state index in [-0.39, 0.29) is 13.2 Å². The van der Waals surface area contributed by atoms with Gasteiger partial charge >= 0.3 is 6.09 Å². The fourth-order valence-corrected chi connectivity index (χ4v) is 6.17. The van der Waals surface area contributed by atoms with Crippen molar-refractivity contribution in [3.8, 4) is 0 Å². The Kier molecular flexibility index (Phi) is 6.53. The van der Waals surface area contributed by atoms with E-state index in [4.69, 9.17) is 16.3 Å². The van der Waals surface area contributed by atoms with Crippen LogP contribution in [0.4, 0.5) is 4.79 Å². The molecule has 0 aromatic carbocycles. The number of amides is 2. The van der Waals surface area contributed by atoms with Gasteiger partial charge in [0.15, 0.2) is 0 Å². The Morgan fingerprint density at radius 2 is 2.04 bits per heavy atom. The first-order chi connectivity index (χ1) is 13.2. The number of ether oxygens (including phenoxy) is 1. The minimum atomic E-state index is -3.92. The first-order valence-electron chi connectivity index (χ1n) is 9.17. The number of sulfonamides is 1. The van der Waals surface area contributed by atoms with Crippen molar-refractivity contribution in [3.05, 3.63) is 21.3 Å². The van der Waals surface area contributed by atoms with Gasteiger partial charge in [-0.1, -0.05) is 11.6 Å². The van der Waals surface area contributed by atoms with Crippen molar-refractivity contribution in [3.63, 3.8) is 0 Å². The Morgan fingerprint density at radius 3 is 2.61 bits per heavy atom. The van der Waals surface area contributed by atoms with Gasteiger partial charge in [-0.2, -0.15) is 0 Å². The second-order valence-corrected chi connectivity index (χ2v) is 11.0. The number of carbonyl (C=O) groups excluding carboxylic acids is 2. The van der Waals surface area contributed by atoms with Crippen molar-refractivity contribution < 1.29 is 22.7 Å². The van der Waals surface area contributed by atoms with Crippen molar-refractivity contribution in [1.29, 1.82) is 0 Å². The minimum absolute atomic E-state index is 0.134. The van der Waals surface area contributed by atoms with E-state index in [1.165, 1.54) is 0 Å². The Bertz CT molecular complexity index is 834. The van der Waals surface area contributed by atoms with Crippen LogP contribution in [-0.2, 0) is 14.8 Å². The van der Waals surface area contributed by atoms with Gasteiger partial charge in [0.05, 0.1) is 15.3 Å². The zero-order chi connectivity index (χ0) is 20.5. The average molecular weight is 450 g/mol. The second kappa shape index (κ2) is 8.56. The first kappa shape index (κ1) is 21.4. The van der Waals surface area contributed by atoms with Crippen molar-refractivity contribution in [2.24, 2.45) is 0 Å². The smallest absolute Gasteiger partial charge is 0.423 e. The highest BCUT2D eigenvalue weighted by atomic mass is 35.5. The SMILES string of the molecule is CC(C)N1CCC(N2C(=O)OCC(CNC(=O)c3ccc(Cl)s3)S2(=O)=O)CC1. The second-order valence-electron chi connectivity index (χ2n) is 7.21. The molecule has 1 aromatic rings. The van der Waals surface area contributed by atoms with Crippen LogP contribution in [0.15, 0.2) is 12.1 Å². The average Bonchev–Trinajstić information content (AvgIpc) is 3.07. The monoisotopic (exact) mass is 449 g/mol. The van der Waals surface area contributed by atoms with Crippen LogP contribution in [-0.4, -0.2) is 73.2 Å². The molecule has 0 bridgehead atoms. The summed E-state index contributed by atoms with van der Waals surface area (Å²) in [6, 6.07) is 3.14. The molecule has 1 unspecified atom stereocenters. The molecule has 1 N–H and O–H groups in total. The van der Waals surface area contributed by atoms with E-state index in [0.717, 1.165) is 28.7 Å². The molecule has 11 heteroatoms. The summed E-state index contributed by atoms with van der Waals surface area (Å²) in [6.07, 6.45) is 0.314. The Morgan fingerprint density at radius 1 is 1.36 bits per heavy atom. The number of rotatable bonds is 5.